The van der Waals surface area contributed by atoms with E-state index >= 15 is 0 Å². The monoisotopic (exact) mass is 187 g/mol. The van der Waals surface area contributed by atoms with Crippen molar-refractivity contribution in [1.82, 2.24) is 0 Å². The average molecular weight is 187 g/mol. The van der Waals surface area contributed by atoms with Crippen LogP contribution < -0.4 is 5.73 Å². The summed E-state index contributed by atoms with van der Waals surface area (Å²) in [6.07, 6.45) is 0. The Morgan fingerprint density at radius 2 is 1.92 bits per heavy atom. The number of benzene rings is 1. The highest BCUT2D eigenvalue weighted by molar-refractivity contribution is 6.00. The summed E-state index contributed by atoms with van der Waals surface area (Å²) < 4.78 is 25.5. The highest BCUT2D eigenvalue weighted by atomic mass is 19.1. The lowest BCUT2D eigenvalue weighted by molar-refractivity contribution is 0.0994. The number of carbonyl (C=O) groups is 1. The first kappa shape index (κ1) is 9.60. The van der Waals surface area contributed by atoms with Gasteiger partial charge in [0.2, 0.25) is 0 Å². The molecule has 3 N–H and O–H groups in total. The summed E-state index contributed by atoms with van der Waals surface area (Å²) in [5.41, 5.74) is 4.25. The van der Waals surface area contributed by atoms with Gasteiger partial charge in [-0.1, -0.05) is 0 Å². The van der Waals surface area contributed by atoms with Crippen molar-refractivity contribution in [2.45, 2.75) is 0 Å². The maximum atomic E-state index is 12.9. The van der Waals surface area contributed by atoms with E-state index in [0.29, 0.717) is 0 Å². The second-order valence-corrected chi connectivity index (χ2v) is 2.38. The summed E-state index contributed by atoms with van der Waals surface area (Å²) in [4.78, 5) is 10.9. The second-order valence-electron chi connectivity index (χ2n) is 2.38. The maximum Gasteiger partial charge on any atom is 0.183 e. The summed E-state index contributed by atoms with van der Waals surface area (Å²) in [6.45, 7) is -0.478. The van der Waals surface area contributed by atoms with Crippen LogP contribution in [0.25, 0.3) is 0 Å². The molecule has 0 saturated heterocycles. The molecule has 0 saturated carbocycles. The Hall–Kier alpha value is -1.49. The topological polar surface area (TPSA) is 63.3 Å². The van der Waals surface area contributed by atoms with E-state index in [1.165, 1.54) is 0 Å². The highest BCUT2D eigenvalue weighted by Crippen LogP contribution is 2.23. The Balaban J connectivity index is 3.33. The lowest BCUT2D eigenvalue weighted by Crippen LogP contribution is -2.15. The van der Waals surface area contributed by atoms with Crippen molar-refractivity contribution in [3.8, 4) is 5.75 Å². The van der Waals surface area contributed by atoms with E-state index in [4.69, 9.17) is 10.8 Å². The minimum Gasteiger partial charge on any atom is -0.504 e. The summed E-state index contributed by atoms with van der Waals surface area (Å²) >= 11 is 0. The van der Waals surface area contributed by atoms with Gasteiger partial charge in [0.15, 0.2) is 17.3 Å². The Bertz CT molecular complexity index is 352. The molecule has 0 aliphatic rings. The van der Waals surface area contributed by atoms with Gasteiger partial charge in [-0.05, 0) is 12.1 Å². The van der Waals surface area contributed by atoms with Crippen LogP contribution in [0.5, 0.6) is 5.75 Å². The van der Waals surface area contributed by atoms with Gasteiger partial charge in [0, 0.05) is 0 Å². The van der Waals surface area contributed by atoms with Gasteiger partial charge in [0.25, 0.3) is 0 Å². The summed E-state index contributed by atoms with van der Waals surface area (Å²) in [7, 11) is 0. The van der Waals surface area contributed by atoms with Gasteiger partial charge < -0.3 is 10.8 Å². The minimum absolute atomic E-state index is 0.478. The molecule has 0 aliphatic heterocycles. The molecule has 13 heavy (non-hydrogen) atoms. The third-order valence-electron chi connectivity index (χ3n) is 1.54. The molecule has 0 aliphatic carbocycles. The van der Waals surface area contributed by atoms with Gasteiger partial charge in [-0.2, -0.15) is 0 Å². The fraction of sp³-hybridized carbons (Fsp3) is 0.125. The number of hydrogen-bond acceptors (Lipinski definition) is 3. The molecule has 0 aromatic heterocycles. The lowest BCUT2D eigenvalue weighted by atomic mass is 10.1. The Labute approximate surface area is 72.8 Å². The average Bonchev–Trinajstić information content (AvgIpc) is 2.12. The van der Waals surface area contributed by atoms with Crippen molar-refractivity contribution in [2.24, 2.45) is 5.73 Å². The van der Waals surface area contributed by atoms with Crippen molar-refractivity contribution >= 4 is 5.78 Å². The molecule has 0 heterocycles. The largest absolute Gasteiger partial charge is 0.504 e. The Morgan fingerprint density at radius 3 is 2.46 bits per heavy atom. The molecule has 1 aromatic carbocycles. The molecule has 70 valence electrons. The van der Waals surface area contributed by atoms with Crippen molar-refractivity contribution in [2.75, 3.05) is 6.54 Å². The summed E-state index contributed by atoms with van der Waals surface area (Å²) in [5, 5.41) is 8.99. The predicted octanol–water partition coefficient (Wildman–Crippen LogP) is 0.812. The van der Waals surface area contributed by atoms with Crippen molar-refractivity contribution in [3.63, 3.8) is 0 Å². The molecule has 0 unspecified atom stereocenters. The predicted molar refractivity (Wildman–Crippen MR) is 41.4 cm³/mol. The lowest BCUT2D eigenvalue weighted by Gasteiger charge is -2.03. The van der Waals surface area contributed by atoms with Crippen LogP contribution in [0.1, 0.15) is 10.4 Å². The summed E-state index contributed by atoms with van der Waals surface area (Å²) in [5.74, 6) is -3.85. The first-order valence-electron chi connectivity index (χ1n) is 3.48. The van der Waals surface area contributed by atoms with Crippen LogP contribution >= 0.6 is 0 Å². The van der Waals surface area contributed by atoms with Gasteiger partial charge >= 0.3 is 0 Å². The van der Waals surface area contributed by atoms with E-state index in [2.05, 4.69) is 0 Å². The number of halogens is 2. The third kappa shape index (κ3) is 1.65. The van der Waals surface area contributed by atoms with E-state index in [-0.39, 0.29) is 0 Å². The normalized spacial score (nSPS) is 10.1. The number of nitrogens with two attached hydrogens (primary N) is 1. The number of phenolic OH excluding ortho intramolecular Hbond substituents is 1. The quantitative estimate of drug-likeness (QED) is 0.673. The van der Waals surface area contributed by atoms with Crippen LogP contribution in [0.4, 0.5) is 8.78 Å². The number of hydrogen-bond donors (Lipinski definition) is 2. The zero-order valence-corrected chi connectivity index (χ0v) is 6.55. The summed E-state index contributed by atoms with van der Waals surface area (Å²) in [6, 6.07) is 1.50. The van der Waals surface area contributed by atoms with Gasteiger partial charge in [-0.3, -0.25) is 4.79 Å². The number of ketones is 1. The fourth-order valence-corrected chi connectivity index (χ4v) is 0.908. The van der Waals surface area contributed by atoms with Crippen molar-refractivity contribution < 1.29 is 18.7 Å². The zero-order valence-electron chi connectivity index (χ0n) is 6.55. The SMILES string of the molecule is NCC(=O)c1c(F)ccc(F)c1O. The van der Waals surface area contributed by atoms with Crippen LogP contribution in [-0.4, -0.2) is 17.4 Å². The molecule has 5 heteroatoms. The Kier molecular flexibility index (Phi) is 2.57. The molecule has 3 nitrogen and oxygen atoms in total. The standard InChI is InChI=1S/C8H7F2NO2/c9-4-1-2-5(10)8(13)7(4)6(12)3-11/h1-2,13H,3,11H2. The molecule has 0 fully saturated rings. The maximum absolute atomic E-state index is 12.9. The number of rotatable bonds is 2. The van der Waals surface area contributed by atoms with E-state index < -0.39 is 35.3 Å². The van der Waals surface area contributed by atoms with Gasteiger partial charge in [0.1, 0.15) is 5.82 Å². The molecule has 0 atom stereocenters. The molecule has 0 amide bonds. The van der Waals surface area contributed by atoms with Crippen LogP contribution in [0.15, 0.2) is 12.1 Å². The van der Waals surface area contributed by atoms with Crippen LogP contribution in [-0.2, 0) is 0 Å². The fourth-order valence-electron chi connectivity index (χ4n) is 0.908. The van der Waals surface area contributed by atoms with Crippen LogP contribution in [0, 0.1) is 11.6 Å². The van der Waals surface area contributed by atoms with E-state index in [1.807, 2.05) is 0 Å². The van der Waals surface area contributed by atoms with Crippen molar-refractivity contribution in [3.05, 3.63) is 29.3 Å². The molecule has 0 bridgehead atoms. The zero-order chi connectivity index (χ0) is 10.0. The van der Waals surface area contributed by atoms with Gasteiger partial charge in [-0.15, -0.1) is 0 Å². The van der Waals surface area contributed by atoms with Crippen molar-refractivity contribution in [1.29, 1.82) is 0 Å². The minimum atomic E-state index is -1.04. The van der Waals surface area contributed by atoms with E-state index in [9.17, 15) is 13.6 Å². The van der Waals surface area contributed by atoms with Gasteiger partial charge in [-0.25, -0.2) is 8.78 Å². The molecular formula is C8H7F2NO2. The first-order valence-corrected chi connectivity index (χ1v) is 3.48. The molecule has 0 spiro atoms. The van der Waals surface area contributed by atoms with E-state index in [0.717, 1.165) is 12.1 Å². The van der Waals surface area contributed by atoms with Crippen LogP contribution in [0.2, 0.25) is 0 Å². The Morgan fingerprint density at radius 1 is 1.38 bits per heavy atom. The van der Waals surface area contributed by atoms with Crippen LogP contribution in [0.3, 0.4) is 0 Å². The molecular weight excluding hydrogens is 180 g/mol. The number of phenols is 1. The third-order valence-corrected chi connectivity index (χ3v) is 1.54. The molecule has 1 rings (SSSR count). The molecule has 1 aromatic rings. The first-order chi connectivity index (χ1) is 6.07. The highest BCUT2D eigenvalue weighted by Gasteiger charge is 2.18. The van der Waals surface area contributed by atoms with E-state index in [1.54, 1.807) is 0 Å². The number of aromatic hydroxyl groups is 1. The number of Topliss-reactive ketones (excluding diaryl/α,β-unsaturated/α-hetero) is 1. The smallest absolute Gasteiger partial charge is 0.183 e. The second kappa shape index (κ2) is 3.49. The number of carbonyl (C=O) groups excluding carboxylic acids is 1. The van der Waals surface area contributed by atoms with Gasteiger partial charge in [0.05, 0.1) is 12.1 Å². The molecule has 0 radical (unpaired) electrons.